The van der Waals surface area contributed by atoms with Gasteiger partial charge in [0.05, 0.1) is 22.3 Å². The van der Waals surface area contributed by atoms with Crippen LogP contribution < -0.4 is 10.6 Å². The van der Waals surface area contributed by atoms with Crippen molar-refractivity contribution in [2.45, 2.75) is 32.0 Å². The summed E-state index contributed by atoms with van der Waals surface area (Å²) in [6, 6.07) is 8.75. The topological polar surface area (TPSA) is 105 Å². The van der Waals surface area contributed by atoms with Crippen LogP contribution in [0.1, 0.15) is 35.1 Å². The SMILES string of the molecule is C=C(C#Cc1ccc([N+](=O)[O-])cc1F)NCc1ccc2c(c1)CN(C1CCC(=O)NC1=O)C2=C. The molecule has 34 heavy (non-hydrogen) atoms. The number of nitro benzene ring substituents is 1. The van der Waals surface area contributed by atoms with E-state index in [1.165, 1.54) is 12.1 Å². The fraction of sp³-hybridized carbons (Fsp3) is 0.200. The van der Waals surface area contributed by atoms with Gasteiger partial charge in [-0.3, -0.25) is 25.0 Å². The highest BCUT2D eigenvalue weighted by molar-refractivity contribution is 6.01. The van der Waals surface area contributed by atoms with Gasteiger partial charge in [0.1, 0.15) is 11.9 Å². The Kier molecular flexibility index (Phi) is 6.15. The quantitative estimate of drug-likeness (QED) is 0.308. The lowest BCUT2D eigenvalue weighted by atomic mass is 10.0. The molecule has 2 N–H and O–H groups in total. The Morgan fingerprint density at radius 2 is 2.09 bits per heavy atom. The zero-order chi connectivity index (χ0) is 24.4. The predicted molar refractivity (Wildman–Crippen MR) is 123 cm³/mol. The minimum absolute atomic E-state index is 0.0399. The lowest BCUT2D eigenvalue weighted by Crippen LogP contribution is -2.50. The number of nitrogens with one attached hydrogen (secondary N) is 2. The molecule has 172 valence electrons. The first-order valence-electron chi connectivity index (χ1n) is 10.5. The summed E-state index contributed by atoms with van der Waals surface area (Å²) in [7, 11) is 0. The Hall–Kier alpha value is -4.45. The number of hydrogen-bond acceptors (Lipinski definition) is 6. The van der Waals surface area contributed by atoms with Crippen molar-refractivity contribution >= 4 is 23.2 Å². The summed E-state index contributed by atoms with van der Waals surface area (Å²) >= 11 is 0. The molecule has 2 aliphatic heterocycles. The van der Waals surface area contributed by atoms with Gasteiger partial charge in [-0.05, 0) is 29.5 Å². The van der Waals surface area contributed by atoms with Crippen LogP contribution in [-0.4, -0.2) is 27.7 Å². The second-order valence-electron chi connectivity index (χ2n) is 8.04. The molecule has 0 bridgehead atoms. The van der Waals surface area contributed by atoms with Crippen molar-refractivity contribution in [3.05, 3.63) is 93.4 Å². The number of benzene rings is 2. The molecule has 2 amide bonds. The summed E-state index contributed by atoms with van der Waals surface area (Å²) < 4.78 is 14.0. The van der Waals surface area contributed by atoms with Crippen molar-refractivity contribution in [1.82, 2.24) is 15.5 Å². The number of amides is 2. The number of non-ortho nitro benzene ring substituents is 1. The molecule has 2 heterocycles. The van der Waals surface area contributed by atoms with Crippen LogP contribution >= 0.6 is 0 Å². The molecule has 0 spiro atoms. The molecule has 2 aromatic rings. The first-order chi connectivity index (χ1) is 16.2. The maximum absolute atomic E-state index is 14.0. The molecular formula is C25H21FN4O4. The number of nitro groups is 1. The van der Waals surface area contributed by atoms with E-state index in [0.29, 0.717) is 31.6 Å². The van der Waals surface area contributed by atoms with Gasteiger partial charge in [-0.2, -0.15) is 0 Å². The molecule has 0 radical (unpaired) electrons. The molecule has 8 nitrogen and oxygen atoms in total. The molecule has 0 aliphatic carbocycles. The monoisotopic (exact) mass is 460 g/mol. The zero-order valence-electron chi connectivity index (χ0n) is 18.2. The van der Waals surface area contributed by atoms with Crippen LogP contribution in [0, 0.1) is 27.8 Å². The minimum Gasteiger partial charge on any atom is -0.375 e. The van der Waals surface area contributed by atoms with E-state index in [0.717, 1.165) is 28.5 Å². The number of nitrogens with zero attached hydrogens (tertiary/aromatic N) is 2. The number of imide groups is 1. The molecule has 2 aromatic carbocycles. The van der Waals surface area contributed by atoms with Crippen LogP contribution in [0.15, 0.2) is 55.3 Å². The number of piperidine rings is 1. The number of rotatable bonds is 5. The maximum atomic E-state index is 14.0. The van der Waals surface area contributed by atoms with Gasteiger partial charge in [0.2, 0.25) is 11.8 Å². The van der Waals surface area contributed by atoms with Crippen molar-refractivity contribution in [2.75, 3.05) is 0 Å². The summed E-state index contributed by atoms with van der Waals surface area (Å²) in [5, 5.41) is 16.2. The van der Waals surface area contributed by atoms with Gasteiger partial charge in [0.25, 0.3) is 5.69 Å². The lowest BCUT2D eigenvalue weighted by molar-refractivity contribution is -0.385. The van der Waals surface area contributed by atoms with Gasteiger partial charge in [-0.15, -0.1) is 0 Å². The van der Waals surface area contributed by atoms with Crippen LogP contribution in [0.4, 0.5) is 10.1 Å². The smallest absolute Gasteiger partial charge is 0.272 e. The number of carbonyl (C=O) groups is 2. The summed E-state index contributed by atoms with van der Waals surface area (Å²) in [5.74, 6) is 4.02. The Labute approximate surface area is 195 Å². The Morgan fingerprint density at radius 1 is 1.29 bits per heavy atom. The third-order valence-corrected chi connectivity index (χ3v) is 5.77. The largest absolute Gasteiger partial charge is 0.375 e. The first-order valence-corrected chi connectivity index (χ1v) is 10.5. The van der Waals surface area contributed by atoms with E-state index in [1.807, 2.05) is 23.1 Å². The lowest BCUT2D eigenvalue weighted by Gasteiger charge is -2.31. The van der Waals surface area contributed by atoms with Crippen molar-refractivity contribution in [2.24, 2.45) is 0 Å². The minimum atomic E-state index is -0.770. The molecule has 1 saturated heterocycles. The molecular weight excluding hydrogens is 439 g/mol. The Morgan fingerprint density at radius 3 is 2.79 bits per heavy atom. The summed E-state index contributed by atoms with van der Waals surface area (Å²) in [6.07, 6.45) is 0.762. The molecule has 1 fully saturated rings. The third kappa shape index (κ3) is 4.66. The van der Waals surface area contributed by atoms with E-state index in [9.17, 15) is 24.1 Å². The predicted octanol–water partition coefficient (Wildman–Crippen LogP) is 2.98. The molecule has 4 rings (SSSR count). The highest BCUT2D eigenvalue weighted by Gasteiger charge is 2.36. The number of halogens is 1. The standard InChI is InChI=1S/C25H21FN4O4/c1-15(3-5-18-6-7-20(30(33)34)12-22(18)26)27-13-17-4-8-21-16(2)29(14-19(21)11-17)23-9-10-24(31)28-25(23)32/h4,6-8,11-12,23,27H,1-2,9-10,13-14H2,(H,28,31,32). The average molecular weight is 460 g/mol. The zero-order valence-corrected chi connectivity index (χ0v) is 18.2. The molecule has 1 atom stereocenters. The fourth-order valence-electron chi connectivity index (χ4n) is 4.00. The fourth-order valence-corrected chi connectivity index (χ4v) is 4.00. The summed E-state index contributed by atoms with van der Waals surface area (Å²) in [4.78, 5) is 35.7. The Bertz CT molecular complexity index is 1310. The first kappa shape index (κ1) is 22.7. The van der Waals surface area contributed by atoms with Crippen LogP contribution in [0.25, 0.3) is 5.70 Å². The second-order valence-corrected chi connectivity index (χ2v) is 8.04. The Balaban J connectivity index is 1.38. The van der Waals surface area contributed by atoms with Crippen LogP contribution in [-0.2, 0) is 22.7 Å². The second kappa shape index (κ2) is 9.19. The van der Waals surface area contributed by atoms with E-state index in [2.05, 4.69) is 35.6 Å². The van der Waals surface area contributed by atoms with E-state index in [-0.39, 0.29) is 23.1 Å². The van der Waals surface area contributed by atoms with Gasteiger partial charge in [0.15, 0.2) is 0 Å². The number of hydrogen-bond donors (Lipinski definition) is 2. The number of allylic oxidation sites excluding steroid dienone is 1. The van der Waals surface area contributed by atoms with Gasteiger partial charge in [0, 0.05) is 36.8 Å². The van der Waals surface area contributed by atoms with Gasteiger partial charge < -0.3 is 10.2 Å². The number of carbonyl (C=O) groups excluding carboxylic acids is 2. The third-order valence-electron chi connectivity index (χ3n) is 5.77. The molecule has 2 aliphatic rings. The van der Waals surface area contributed by atoms with Crippen LogP contribution in [0.5, 0.6) is 0 Å². The highest BCUT2D eigenvalue weighted by Crippen LogP contribution is 2.35. The van der Waals surface area contributed by atoms with Crippen molar-refractivity contribution in [3.63, 3.8) is 0 Å². The van der Waals surface area contributed by atoms with E-state index in [4.69, 9.17) is 0 Å². The summed E-state index contributed by atoms with van der Waals surface area (Å²) in [5.41, 5.74) is 3.77. The van der Waals surface area contributed by atoms with Crippen LogP contribution in [0.3, 0.4) is 0 Å². The molecule has 0 aromatic heterocycles. The van der Waals surface area contributed by atoms with Crippen molar-refractivity contribution < 1.29 is 18.9 Å². The molecule has 9 heteroatoms. The van der Waals surface area contributed by atoms with Crippen molar-refractivity contribution in [1.29, 1.82) is 0 Å². The van der Waals surface area contributed by atoms with E-state index < -0.39 is 16.8 Å². The normalized spacial score (nSPS) is 16.9. The van der Waals surface area contributed by atoms with Gasteiger partial charge in [-0.1, -0.05) is 37.3 Å². The number of fused-ring (bicyclic) bond motifs is 1. The van der Waals surface area contributed by atoms with Gasteiger partial charge >= 0.3 is 0 Å². The maximum Gasteiger partial charge on any atom is 0.272 e. The highest BCUT2D eigenvalue weighted by atomic mass is 19.1. The average Bonchev–Trinajstić information content (AvgIpc) is 3.12. The van der Waals surface area contributed by atoms with E-state index >= 15 is 0 Å². The molecule has 1 unspecified atom stereocenters. The van der Waals surface area contributed by atoms with Crippen molar-refractivity contribution in [3.8, 4) is 11.8 Å². The summed E-state index contributed by atoms with van der Waals surface area (Å²) in [6.45, 7) is 8.90. The molecule has 0 saturated carbocycles. The van der Waals surface area contributed by atoms with E-state index in [1.54, 1.807) is 0 Å². The van der Waals surface area contributed by atoms with Gasteiger partial charge in [-0.25, -0.2) is 4.39 Å². The van der Waals surface area contributed by atoms with Crippen LogP contribution in [0.2, 0.25) is 0 Å².